The number of nitrogens with one attached hydrogen (secondary N) is 3. The number of hydrogen-bond acceptors (Lipinski definition) is 3. The molecule has 6 nitrogen and oxygen atoms in total. The average Bonchev–Trinajstić information content (AvgIpc) is 2.56. The van der Waals surface area contributed by atoms with Crippen molar-refractivity contribution in [3.63, 3.8) is 0 Å². The number of hydrogen-bond donors (Lipinski definition) is 4. The number of aromatic nitrogens is 2. The molecule has 18 heavy (non-hydrogen) atoms. The van der Waals surface area contributed by atoms with Crippen molar-refractivity contribution in [2.75, 3.05) is 5.32 Å². The normalized spacial score (nSPS) is 12.6. The van der Waals surface area contributed by atoms with Gasteiger partial charge in [-0.3, -0.25) is 4.79 Å². The van der Waals surface area contributed by atoms with Crippen LogP contribution in [0, 0.1) is 0 Å². The van der Waals surface area contributed by atoms with Crippen LogP contribution in [-0.4, -0.2) is 21.9 Å². The fourth-order valence-corrected chi connectivity index (χ4v) is 2.09. The van der Waals surface area contributed by atoms with Crippen LogP contribution in [0.3, 0.4) is 0 Å². The molecule has 1 aromatic carbocycles. The fraction of sp³-hybridized carbons (Fsp3) is 0.273. The van der Waals surface area contributed by atoms with E-state index >= 15 is 0 Å². The summed E-state index contributed by atoms with van der Waals surface area (Å²) in [4.78, 5) is 28.0. The minimum absolute atomic E-state index is 0.164. The van der Waals surface area contributed by atoms with Gasteiger partial charge in [0, 0.05) is 16.9 Å². The first-order valence-corrected chi connectivity index (χ1v) is 6.22. The Kier molecular flexibility index (Phi) is 3.53. The molecule has 0 spiro atoms. The molecule has 1 heterocycles. The zero-order chi connectivity index (χ0) is 13.3. The molecule has 2 rings (SSSR count). The van der Waals surface area contributed by atoms with Crippen molar-refractivity contribution in [3.8, 4) is 0 Å². The maximum absolute atomic E-state index is 11.6. The van der Waals surface area contributed by atoms with Crippen molar-refractivity contribution in [2.45, 2.75) is 19.4 Å². The standard InChI is InChI=1S/C11H13BrN4O2/c1-5(13)2-10(17)14-7-4-9-8(3-6(7)12)15-11(18)16-9/h3-5H,2,13H2,1H3,(H,14,17)(H2,15,16,18). The van der Waals surface area contributed by atoms with Crippen molar-refractivity contribution < 1.29 is 4.79 Å². The van der Waals surface area contributed by atoms with Crippen molar-refractivity contribution >= 4 is 38.6 Å². The van der Waals surface area contributed by atoms with Gasteiger partial charge >= 0.3 is 5.69 Å². The molecule has 0 saturated heterocycles. The van der Waals surface area contributed by atoms with E-state index in [4.69, 9.17) is 5.73 Å². The lowest BCUT2D eigenvalue weighted by Crippen LogP contribution is -2.24. The molecule has 1 unspecified atom stereocenters. The quantitative estimate of drug-likeness (QED) is 0.686. The van der Waals surface area contributed by atoms with Crippen molar-refractivity contribution in [2.24, 2.45) is 5.73 Å². The first-order chi connectivity index (χ1) is 8.45. The molecule has 2 aromatic rings. The maximum atomic E-state index is 11.6. The van der Waals surface area contributed by atoms with Gasteiger partial charge in [0.1, 0.15) is 0 Å². The molecule has 0 radical (unpaired) electrons. The molecule has 5 N–H and O–H groups in total. The van der Waals surface area contributed by atoms with Crippen LogP contribution in [-0.2, 0) is 4.79 Å². The zero-order valence-corrected chi connectivity index (χ0v) is 11.3. The summed E-state index contributed by atoms with van der Waals surface area (Å²) in [6.45, 7) is 1.77. The van der Waals surface area contributed by atoms with Crippen LogP contribution < -0.4 is 16.7 Å². The number of carbonyl (C=O) groups is 1. The molecule has 0 aliphatic heterocycles. The van der Waals surface area contributed by atoms with E-state index in [1.165, 1.54) is 0 Å². The first-order valence-electron chi connectivity index (χ1n) is 5.42. The molecule has 0 bridgehead atoms. The summed E-state index contributed by atoms with van der Waals surface area (Å²) in [5.74, 6) is -0.164. The third kappa shape index (κ3) is 2.80. The molecule has 1 atom stereocenters. The molecule has 7 heteroatoms. The molecule has 1 amide bonds. The van der Waals surface area contributed by atoms with Crippen LogP contribution in [0.4, 0.5) is 5.69 Å². The smallest absolute Gasteiger partial charge is 0.323 e. The number of H-pyrrole nitrogens is 2. The van der Waals surface area contributed by atoms with Crippen LogP contribution in [0.5, 0.6) is 0 Å². The highest BCUT2D eigenvalue weighted by molar-refractivity contribution is 9.10. The maximum Gasteiger partial charge on any atom is 0.323 e. The van der Waals surface area contributed by atoms with Crippen LogP contribution in [0.25, 0.3) is 11.0 Å². The van der Waals surface area contributed by atoms with Gasteiger partial charge in [0.15, 0.2) is 0 Å². The number of amides is 1. The Morgan fingerprint density at radius 3 is 2.67 bits per heavy atom. The number of benzene rings is 1. The van der Waals surface area contributed by atoms with E-state index in [-0.39, 0.29) is 24.1 Å². The molecule has 0 saturated carbocycles. The van der Waals surface area contributed by atoms with Gasteiger partial charge in [0.25, 0.3) is 0 Å². The predicted octanol–water partition coefficient (Wildman–Crippen LogP) is 1.29. The third-order valence-corrected chi connectivity index (χ3v) is 3.04. The number of imidazole rings is 1. The van der Waals surface area contributed by atoms with E-state index in [9.17, 15) is 9.59 Å². The second-order valence-corrected chi connectivity index (χ2v) is 5.04. The van der Waals surface area contributed by atoms with Crippen molar-refractivity contribution in [1.29, 1.82) is 0 Å². The van der Waals surface area contributed by atoms with Crippen LogP contribution in [0.1, 0.15) is 13.3 Å². The minimum atomic E-state index is -0.282. The number of carbonyl (C=O) groups excluding carboxylic acids is 1. The van der Waals surface area contributed by atoms with Crippen LogP contribution in [0.15, 0.2) is 21.4 Å². The van der Waals surface area contributed by atoms with Crippen LogP contribution in [0.2, 0.25) is 0 Å². The molecular weight excluding hydrogens is 300 g/mol. The Balaban J connectivity index is 2.30. The summed E-state index contributed by atoms with van der Waals surface area (Å²) in [5, 5.41) is 2.74. The van der Waals surface area contributed by atoms with Gasteiger partial charge in [-0.25, -0.2) is 4.79 Å². The lowest BCUT2D eigenvalue weighted by Gasteiger charge is -2.09. The Hall–Kier alpha value is -1.60. The van der Waals surface area contributed by atoms with Gasteiger partial charge in [0.2, 0.25) is 5.91 Å². The predicted molar refractivity (Wildman–Crippen MR) is 73.5 cm³/mol. The molecule has 0 fully saturated rings. The second kappa shape index (κ2) is 4.95. The zero-order valence-electron chi connectivity index (χ0n) is 9.71. The van der Waals surface area contributed by atoms with Crippen molar-refractivity contribution in [1.82, 2.24) is 9.97 Å². The molecule has 0 aliphatic carbocycles. The highest BCUT2D eigenvalue weighted by atomic mass is 79.9. The summed E-state index contributed by atoms with van der Waals surface area (Å²) in [6, 6.07) is 3.23. The lowest BCUT2D eigenvalue weighted by molar-refractivity contribution is -0.116. The molecular formula is C11H13BrN4O2. The summed E-state index contributed by atoms with van der Waals surface area (Å²) < 4.78 is 0.697. The Morgan fingerprint density at radius 2 is 2.06 bits per heavy atom. The highest BCUT2D eigenvalue weighted by Gasteiger charge is 2.10. The summed E-state index contributed by atoms with van der Waals surface area (Å²) in [5.41, 5.74) is 7.19. The van der Waals surface area contributed by atoms with Gasteiger partial charge in [-0.1, -0.05) is 0 Å². The monoisotopic (exact) mass is 312 g/mol. The molecule has 96 valence electrons. The Labute approximate surface area is 111 Å². The average molecular weight is 313 g/mol. The Morgan fingerprint density at radius 1 is 1.44 bits per heavy atom. The summed E-state index contributed by atoms with van der Waals surface area (Å²) in [7, 11) is 0. The van der Waals surface area contributed by atoms with Gasteiger partial charge in [-0.15, -0.1) is 0 Å². The highest BCUT2D eigenvalue weighted by Crippen LogP contribution is 2.26. The second-order valence-electron chi connectivity index (χ2n) is 4.19. The number of anilines is 1. The summed E-state index contributed by atoms with van der Waals surface area (Å²) >= 11 is 3.34. The molecule has 1 aromatic heterocycles. The topological polar surface area (TPSA) is 104 Å². The first kappa shape index (κ1) is 12.8. The van der Waals surface area contributed by atoms with E-state index in [1.54, 1.807) is 19.1 Å². The SMILES string of the molecule is CC(N)CC(=O)Nc1cc2[nH]c(=O)[nH]c2cc1Br. The van der Waals surface area contributed by atoms with E-state index in [2.05, 4.69) is 31.2 Å². The lowest BCUT2D eigenvalue weighted by atomic mass is 10.2. The number of nitrogens with two attached hydrogens (primary N) is 1. The van der Waals surface area contributed by atoms with E-state index in [0.717, 1.165) is 0 Å². The van der Waals surface area contributed by atoms with Gasteiger partial charge in [0.05, 0.1) is 16.7 Å². The third-order valence-electron chi connectivity index (χ3n) is 2.39. The van der Waals surface area contributed by atoms with E-state index in [1.807, 2.05) is 0 Å². The minimum Gasteiger partial charge on any atom is -0.327 e. The number of halogens is 1. The number of fused-ring (bicyclic) bond motifs is 1. The van der Waals surface area contributed by atoms with Gasteiger partial charge in [-0.2, -0.15) is 0 Å². The van der Waals surface area contributed by atoms with E-state index in [0.29, 0.717) is 21.2 Å². The van der Waals surface area contributed by atoms with E-state index < -0.39 is 0 Å². The van der Waals surface area contributed by atoms with Crippen molar-refractivity contribution in [3.05, 3.63) is 27.1 Å². The number of aromatic amines is 2. The Bertz CT molecular complexity index is 644. The number of rotatable bonds is 3. The largest absolute Gasteiger partial charge is 0.327 e. The fourth-order valence-electron chi connectivity index (χ4n) is 1.65. The van der Waals surface area contributed by atoms with Crippen LogP contribution >= 0.6 is 15.9 Å². The molecule has 0 aliphatic rings. The van der Waals surface area contributed by atoms with Gasteiger partial charge in [-0.05, 0) is 35.0 Å². The summed E-state index contributed by atoms with van der Waals surface area (Å²) in [6.07, 6.45) is 0.244. The van der Waals surface area contributed by atoms with Gasteiger partial charge < -0.3 is 21.0 Å².